The van der Waals surface area contributed by atoms with E-state index in [4.69, 9.17) is 21.6 Å². The number of benzene rings is 2. The maximum atomic E-state index is 13.4. The Kier molecular flexibility index (Phi) is 4.34. The molecule has 0 aromatic heterocycles. The van der Waals surface area contributed by atoms with Crippen molar-refractivity contribution in [3.8, 4) is 11.8 Å². The largest absolute Gasteiger partial charge is 0.487 e. The first-order chi connectivity index (χ1) is 9.63. The fourth-order valence-corrected chi connectivity index (χ4v) is 1.82. The van der Waals surface area contributed by atoms with E-state index in [-0.39, 0.29) is 22.9 Å². The Morgan fingerprint density at radius 3 is 2.85 bits per heavy atom. The summed E-state index contributed by atoms with van der Waals surface area (Å²) in [5, 5.41) is 8.83. The van der Waals surface area contributed by atoms with E-state index in [1.54, 1.807) is 24.3 Å². The summed E-state index contributed by atoms with van der Waals surface area (Å²) in [5.74, 6) is -0.534. The molecule has 0 heterocycles. The Labute approximate surface area is 120 Å². The van der Waals surface area contributed by atoms with Gasteiger partial charge in [0.25, 0.3) is 0 Å². The van der Waals surface area contributed by atoms with Crippen LogP contribution in [0.4, 0.5) is 4.39 Å². The van der Waals surface area contributed by atoms with Crippen molar-refractivity contribution in [2.24, 2.45) is 0 Å². The number of ether oxygens (including phenoxy) is 1. The maximum Gasteiger partial charge on any atom is 0.150 e. The lowest BCUT2D eigenvalue weighted by Crippen LogP contribution is -1.99. The van der Waals surface area contributed by atoms with Crippen LogP contribution in [-0.2, 0) is 6.61 Å². The van der Waals surface area contributed by atoms with Gasteiger partial charge in [0, 0.05) is 11.6 Å². The first-order valence-electron chi connectivity index (χ1n) is 5.70. The van der Waals surface area contributed by atoms with Gasteiger partial charge in [0.15, 0.2) is 0 Å². The summed E-state index contributed by atoms with van der Waals surface area (Å²) in [6.45, 7) is 0.122. The van der Waals surface area contributed by atoms with Crippen molar-refractivity contribution < 1.29 is 13.9 Å². The van der Waals surface area contributed by atoms with Crippen molar-refractivity contribution in [2.45, 2.75) is 6.61 Å². The van der Waals surface area contributed by atoms with Crippen LogP contribution in [0.5, 0.6) is 5.75 Å². The molecule has 20 heavy (non-hydrogen) atoms. The Hall–Kier alpha value is -2.38. The topological polar surface area (TPSA) is 50.1 Å². The van der Waals surface area contributed by atoms with Crippen LogP contribution in [0.3, 0.4) is 0 Å². The number of aldehydes is 1. The number of carbonyl (C=O) groups excluding carboxylic acids is 1. The van der Waals surface area contributed by atoms with Gasteiger partial charge in [0.2, 0.25) is 0 Å². The van der Waals surface area contributed by atoms with Gasteiger partial charge in [-0.25, -0.2) is 4.39 Å². The normalized spacial score (nSPS) is 9.85. The smallest absolute Gasteiger partial charge is 0.150 e. The second kappa shape index (κ2) is 6.18. The van der Waals surface area contributed by atoms with Gasteiger partial charge in [-0.2, -0.15) is 5.26 Å². The van der Waals surface area contributed by atoms with Gasteiger partial charge >= 0.3 is 0 Å². The molecule has 0 atom stereocenters. The molecule has 0 radical (unpaired) electrons. The zero-order valence-electron chi connectivity index (χ0n) is 10.3. The van der Waals surface area contributed by atoms with E-state index >= 15 is 0 Å². The minimum atomic E-state index is -0.651. The van der Waals surface area contributed by atoms with Crippen molar-refractivity contribution in [3.63, 3.8) is 0 Å². The molecule has 2 aromatic rings. The molecule has 0 aliphatic carbocycles. The van der Waals surface area contributed by atoms with Gasteiger partial charge in [-0.1, -0.05) is 29.8 Å². The van der Waals surface area contributed by atoms with Gasteiger partial charge in [0.05, 0.1) is 10.6 Å². The molecule has 0 N–H and O–H groups in total. The summed E-state index contributed by atoms with van der Waals surface area (Å²) in [7, 11) is 0. The number of rotatable bonds is 4. The van der Waals surface area contributed by atoms with Crippen LogP contribution in [0.25, 0.3) is 0 Å². The summed E-state index contributed by atoms with van der Waals surface area (Å²) in [4.78, 5) is 10.7. The summed E-state index contributed by atoms with van der Waals surface area (Å²) in [5.41, 5.74) is 1.42. The fourth-order valence-electron chi connectivity index (χ4n) is 1.65. The van der Waals surface area contributed by atoms with Gasteiger partial charge in [-0.05, 0) is 17.7 Å². The Morgan fingerprint density at radius 2 is 2.15 bits per heavy atom. The van der Waals surface area contributed by atoms with Gasteiger partial charge in [0.1, 0.15) is 30.5 Å². The van der Waals surface area contributed by atoms with Crippen molar-refractivity contribution in [2.75, 3.05) is 0 Å². The number of halogens is 2. The molecule has 100 valence electrons. The molecule has 0 spiro atoms. The highest BCUT2D eigenvalue weighted by Crippen LogP contribution is 2.26. The van der Waals surface area contributed by atoms with Crippen molar-refractivity contribution >= 4 is 17.9 Å². The molecule has 0 amide bonds. The minimum absolute atomic E-state index is 0.117. The molecule has 0 saturated carbocycles. The van der Waals surface area contributed by atoms with E-state index in [1.165, 1.54) is 6.07 Å². The zero-order chi connectivity index (χ0) is 14.5. The van der Waals surface area contributed by atoms with Crippen LogP contribution in [0.2, 0.25) is 5.02 Å². The first kappa shape index (κ1) is 14.0. The molecule has 3 nitrogen and oxygen atoms in total. The summed E-state index contributed by atoms with van der Waals surface area (Å²) in [6, 6.07) is 11.0. The Bertz CT molecular complexity index is 695. The molecule has 5 heteroatoms. The summed E-state index contributed by atoms with van der Waals surface area (Å²) >= 11 is 5.60. The van der Waals surface area contributed by atoms with Crippen LogP contribution in [0, 0.1) is 17.1 Å². The molecule has 0 unspecified atom stereocenters. The van der Waals surface area contributed by atoms with Crippen LogP contribution >= 0.6 is 11.6 Å². The first-order valence-corrected chi connectivity index (χ1v) is 6.08. The fraction of sp³-hybridized carbons (Fsp3) is 0.0667. The quantitative estimate of drug-likeness (QED) is 0.806. The van der Waals surface area contributed by atoms with E-state index in [2.05, 4.69) is 0 Å². The molecule has 2 aromatic carbocycles. The highest BCUT2D eigenvalue weighted by Gasteiger charge is 2.10. The summed E-state index contributed by atoms with van der Waals surface area (Å²) < 4.78 is 18.8. The molecule has 0 aliphatic rings. The Morgan fingerprint density at radius 1 is 1.35 bits per heavy atom. The van der Waals surface area contributed by atoms with Crippen LogP contribution in [0.15, 0.2) is 36.4 Å². The maximum absolute atomic E-state index is 13.4. The van der Waals surface area contributed by atoms with Crippen LogP contribution < -0.4 is 4.74 Å². The summed E-state index contributed by atoms with van der Waals surface area (Å²) in [6.07, 6.45) is 0.728. The average molecular weight is 290 g/mol. The van der Waals surface area contributed by atoms with Crippen molar-refractivity contribution in [1.82, 2.24) is 0 Å². The van der Waals surface area contributed by atoms with Crippen molar-refractivity contribution in [1.29, 1.82) is 5.26 Å². The second-order valence-corrected chi connectivity index (χ2v) is 4.43. The predicted octanol–water partition coefficient (Wildman–Crippen LogP) is 3.74. The number of hydrogen-bond donors (Lipinski definition) is 0. The molecule has 0 aliphatic heterocycles. The lowest BCUT2D eigenvalue weighted by Gasteiger charge is -2.09. The lowest BCUT2D eigenvalue weighted by molar-refractivity contribution is 0.112. The molecule has 0 bridgehead atoms. The third-order valence-corrected chi connectivity index (χ3v) is 2.91. The predicted molar refractivity (Wildman–Crippen MR) is 72.3 cm³/mol. The third kappa shape index (κ3) is 3.14. The second-order valence-electron chi connectivity index (χ2n) is 4.03. The average Bonchev–Trinajstić information content (AvgIpc) is 2.48. The number of carbonyl (C=O) groups is 1. The third-order valence-electron chi connectivity index (χ3n) is 2.62. The van der Waals surface area contributed by atoms with Gasteiger partial charge in [-0.15, -0.1) is 0 Å². The SMILES string of the molecule is N#Cc1cc(Cl)c(F)cc1OCc1cccc(C=O)c1. The number of hydrogen-bond acceptors (Lipinski definition) is 3. The molecule has 0 fully saturated rings. The highest BCUT2D eigenvalue weighted by molar-refractivity contribution is 6.30. The van der Waals surface area contributed by atoms with Crippen molar-refractivity contribution in [3.05, 3.63) is 63.9 Å². The van der Waals surface area contributed by atoms with E-state index in [0.29, 0.717) is 5.56 Å². The van der Waals surface area contributed by atoms with Crippen LogP contribution in [-0.4, -0.2) is 6.29 Å². The van der Waals surface area contributed by atoms with E-state index in [0.717, 1.165) is 17.9 Å². The van der Waals surface area contributed by atoms with E-state index in [1.807, 2.05) is 6.07 Å². The number of nitrogens with zero attached hydrogens (tertiary/aromatic N) is 1. The van der Waals surface area contributed by atoms with E-state index < -0.39 is 5.82 Å². The Balaban J connectivity index is 2.20. The van der Waals surface area contributed by atoms with Gasteiger partial charge in [-0.3, -0.25) is 4.79 Å². The minimum Gasteiger partial charge on any atom is -0.487 e. The molecular weight excluding hydrogens is 281 g/mol. The number of nitriles is 1. The zero-order valence-corrected chi connectivity index (χ0v) is 11.0. The lowest BCUT2D eigenvalue weighted by atomic mass is 10.1. The monoisotopic (exact) mass is 289 g/mol. The highest BCUT2D eigenvalue weighted by atomic mass is 35.5. The van der Waals surface area contributed by atoms with E-state index in [9.17, 15) is 9.18 Å². The molecule has 2 rings (SSSR count). The molecular formula is C15H9ClFNO2. The van der Waals surface area contributed by atoms with Gasteiger partial charge < -0.3 is 4.74 Å². The van der Waals surface area contributed by atoms with Crippen LogP contribution in [0.1, 0.15) is 21.5 Å². The standard InChI is InChI=1S/C15H9ClFNO2/c16-13-5-12(7-18)15(6-14(13)17)20-9-11-3-1-2-10(4-11)8-19/h1-6,8H,9H2. The molecule has 0 saturated heterocycles.